The number of nitrogens with zero attached hydrogens (tertiary/aromatic N) is 1. The lowest BCUT2D eigenvalue weighted by Gasteiger charge is -2.12. The van der Waals surface area contributed by atoms with Crippen LogP contribution < -0.4 is 0 Å². The third kappa shape index (κ3) is 4.36. The number of ether oxygens (including phenoxy) is 1. The van der Waals surface area contributed by atoms with Crippen molar-refractivity contribution in [1.82, 2.24) is 4.57 Å². The molecule has 0 unspecified atom stereocenters. The number of esters is 1. The Hall–Kier alpha value is -2.40. The minimum Gasteiger partial charge on any atom is -0.461 e. The molecule has 0 N–H and O–H groups in total. The number of hydrogen-bond acceptors (Lipinski definition) is 3. The van der Waals surface area contributed by atoms with Gasteiger partial charge in [0.25, 0.3) is 0 Å². The van der Waals surface area contributed by atoms with Gasteiger partial charge in [0.1, 0.15) is 5.69 Å². The molecule has 4 aromatic rings. The van der Waals surface area contributed by atoms with Crippen molar-refractivity contribution in [3.63, 3.8) is 0 Å². The first-order valence-corrected chi connectivity index (χ1v) is 11.1. The van der Waals surface area contributed by atoms with E-state index in [0.717, 1.165) is 26.3 Å². The summed E-state index contributed by atoms with van der Waals surface area (Å²) in [4.78, 5) is 14.9. The molecule has 0 saturated carbocycles. The number of benzene rings is 3. The largest absolute Gasteiger partial charge is 0.461 e. The average Bonchev–Trinajstić information content (AvgIpc) is 3.03. The van der Waals surface area contributed by atoms with Gasteiger partial charge in [0, 0.05) is 26.9 Å². The van der Waals surface area contributed by atoms with E-state index in [1.807, 2.05) is 84.3 Å². The van der Waals surface area contributed by atoms with E-state index >= 15 is 0 Å². The van der Waals surface area contributed by atoms with Crippen molar-refractivity contribution in [2.75, 3.05) is 6.61 Å². The fraction of sp³-hybridized carbons (Fsp3) is 0.125. The van der Waals surface area contributed by atoms with Crippen molar-refractivity contribution < 1.29 is 9.53 Å². The molecular formula is C24H19Cl2NO2S. The first kappa shape index (κ1) is 20.9. The van der Waals surface area contributed by atoms with Crippen LogP contribution in [0.4, 0.5) is 0 Å². The smallest absolute Gasteiger partial charge is 0.356 e. The highest BCUT2D eigenvalue weighted by Crippen LogP contribution is 2.40. The highest BCUT2D eigenvalue weighted by Gasteiger charge is 2.25. The van der Waals surface area contributed by atoms with Gasteiger partial charge in [-0.15, -0.1) is 0 Å². The van der Waals surface area contributed by atoms with Crippen LogP contribution in [-0.4, -0.2) is 17.1 Å². The van der Waals surface area contributed by atoms with E-state index in [1.54, 1.807) is 0 Å². The molecule has 0 spiro atoms. The summed E-state index contributed by atoms with van der Waals surface area (Å²) in [5.74, 6) is -0.350. The Morgan fingerprint density at radius 1 is 0.967 bits per heavy atom. The molecule has 6 heteroatoms. The quantitative estimate of drug-likeness (QED) is 0.285. The van der Waals surface area contributed by atoms with Crippen LogP contribution in [0.15, 0.2) is 82.6 Å². The number of fused-ring (bicyclic) bond motifs is 1. The molecule has 0 aliphatic rings. The van der Waals surface area contributed by atoms with Crippen LogP contribution in [0.1, 0.15) is 23.0 Å². The van der Waals surface area contributed by atoms with E-state index in [1.165, 1.54) is 11.8 Å². The van der Waals surface area contributed by atoms with E-state index in [9.17, 15) is 4.79 Å². The van der Waals surface area contributed by atoms with Gasteiger partial charge in [0.15, 0.2) is 0 Å². The van der Waals surface area contributed by atoms with Crippen molar-refractivity contribution >= 4 is 51.8 Å². The van der Waals surface area contributed by atoms with Crippen molar-refractivity contribution in [2.45, 2.75) is 23.3 Å². The first-order chi connectivity index (χ1) is 14.6. The van der Waals surface area contributed by atoms with Crippen LogP contribution in [0.2, 0.25) is 10.0 Å². The lowest BCUT2D eigenvalue weighted by molar-refractivity contribution is 0.0510. The molecule has 4 rings (SSSR count). The third-order valence-electron chi connectivity index (χ3n) is 4.66. The summed E-state index contributed by atoms with van der Waals surface area (Å²) in [6.07, 6.45) is 0. The predicted molar refractivity (Wildman–Crippen MR) is 124 cm³/mol. The summed E-state index contributed by atoms with van der Waals surface area (Å²) in [5.41, 5.74) is 2.49. The molecule has 0 bridgehead atoms. The minimum absolute atomic E-state index is 0.303. The van der Waals surface area contributed by atoms with Gasteiger partial charge in [-0.25, -0.2) is 4.79 Å². The number of hydrogen-bond donors (Lipinski definition) is 0. The van der Waals surface area contributed by atoms with Crippen LogP contribution in [0.3, 0.4) is 0 Å². The molecule has 152 valence electrons. The van der Waals surface area contributed by atoms with Gasteiger partial charge in [-0.3, -0.25) is 0 Å². The van der Waals surface area contributed by atoms with E-state index in [-0.39, 0.29) is 5.97 Å². The minimum atomic E-state index is -0.350. The Kier molecular flexibility index (Phi) is 6.38. The van der Waals surface area contributed by atoms with Crippen LogP contribution in [0.25, 0.3) is 10.9 Å². The zero-order valence-corrected chi connectivity index (χ0v) is 18.6. The number of aromatic nitrogens is 1. The fourth-order valence-electron chi connectivity index (χ4n) is 3.34. The molecule has 1 aromatic heterocycles. The van der Waals surface area contributed by atoms with Gasteiger partial charge >= 0.3 is 5.97 Å². The Balaban J connectivity index is 1.92. The number of carbonyl (C=O) groups excluding carboxylic acids is 1. The molecule has 3 nitrogen and oxygen atoms in total. The van der Waals surface area contributed by atoms with Crippen molar-refractivity contribution in [2.24, 2.45) is 0 Å². The average molecular weight is 456 g/mol. The van der Waals surface area contributed by atoms with Gasteiger partial charge in [-0.1, -0.05) is 65.3 Å². The predicted octanol–water partition coefficient (Wildman–Crippen LogP) is 7.32. The molecule has 0 atom stereocenters. The zero-order valence-electron chi connectivity index (χ0n) is 16.3. The normalized spacial score (nSPS) is 11.0. The summed E-state index contributed by atoms with van der Waals surface area (Å²) in [5, 5.41) is 2.22. The molecule has 3 aromatic carbocycles. The molecule has 0 saturated heterocycles. The molecule has 0 radical (unpaired) electrons. The molecule has 0 fully saturated rings. The maximum Gasteiger partial charge on any atom is 0.356 e. The molecule has 0 aliphatic heterocycles. The summed E-state index contributed by atoms with van der Waals surface area (Å²) < 4.78 is 7.43. The number of carbonyl (C=O) groups is 1. The molecule has 0 amide bonds. The molecule has 30 heavy (non-hydrogen) atoms. The van der Waals surface area contributed by atoms with Crippen LogP contribution in [-0.2, 0) is 11.3 Å². The molecule has 0 aliphatic carbocycles. The monoisotopic (exact) mass is 455 g/mol. The highest BCUT2D eigenvalue weighted by atomic mass is 35.5. The summed E-state index contributed by atoms with van der Waals surface area (Å²) in [7, 11) is 0. The standard InChI is InChI=1S/C24H19Cl2NO2S/c1-2-29-24(28)22-23(30-19-6-4-3-5-7-19)20-14-18(26)12-13-21(20)27(22)15-16-8-10-17(25)11-9-16/h3-14H,2,15H2,1H3. The van der Waals surface area contributed by atoms with Gasteiger partial charge in [0.2, 0.25) is 0 Å². The van der Waals surface area contributed by atoms with Crippen LogP contribution in [0, 0.1) is 0 Å². The SMILES string of the molecule is CCOC(=O)c1c(Sc2ccccc2)c2cc(Cl)ccc2n1Cc1ccc(Cl)cc1. The van der Waals surface area contributed by atoms with E-state index in [4.69, 9.17) is 27.9 Å². The van der Waals surface area contributed by atoms with Crippen LogP contribution >= 0.6 is 35.0 Å². The van der Waals surface area contributed by atoms with E-state index < -0.39 is 0 Å². The highest BCUT2D eigenvalue weighted by molar-refractivity contribution is 7.99. The topological polar surface area (TPSA) is 31.2 Å². The lowest BCUT2D eigenvalue weighted by atomic mass is 10.2. The summed E-state index contributed by atoms with van der Waals surface area (Å²) in [6.45, 7) is 2.63. The number of rotatable bonds is 6. The Labute approximate surface area is 189 Å². The first-order valence-electron chi connectivity index (χ1n) is 9.53. The van der Waals surface area contributed by atoms with E-state index in [2.05, 4.69) is 0 Å². The maximum absolute atomic E-state index is 13.1. The second-order valence-corrected chi connectivity index (χ2v) is 8.64. The van der Waals surface area contributed by atoms with Gasteiger partial charge in [-0.05, 0) is 55.0 Å². The Bertz CT molecular complexity index is 1190. The molecular weight excluding hydrogens is 437 g/mol. The van der Waals surface area contributed by atoms with Gasteiger partial charge in [-0.2, -0.15) is 0 Å². The second-order valence-electron chi connectivity index (χ2n) is 6.69. The Morgan fingerprint density at radius 3 is 2.37 bits per heavy atom. The number of halogens is 2. The van der Waals surface area contributed by atoms with Gasteiger partial charge in [0.05, 0.1) is 17.0 Å². The lowest BCUT2D eigenvalue weighted by Crippen LogP contribution is -2.14. The molecule has 1 heterocycles. The fourth-order valence-corrected chi connectivity index (χ4v) is 4.74. The van der Waals surface area contributed by atoms with Crippen LogP contribution in [0.5, 0.6) is 0 Å². The maximum atomic E-state index is 13.1. The summed E-state index contributed by atoms with van der Waals surface area (Å²) >= 11 is 13.9. The Morgan fingerprint density at radius 2 is 1.67 bits per heavy atom. The van der Waals surface area contributed by atoms with Crippen molar-refractivity contribution in [1.29, 1.82) is 0 Å². The third-order valence-corrected chi connectivity index (χ3v) is 6.28. The van der Waals surface area contributed by atoms with Gasteiger partial charge < -0.3 is 9.30 Å². The van der Waals surface area contributed by atoms with Crippen molar-refractivity contribution in [3.8, 4) is 0 Å². The second kappa shape index (κ2) is 9.17. The zero-order chi connectivity index (χ0) is 21.1. The van der Waals surface area contributed by atoms with Crippen molar-refractivity contribution in [3.05, 3.63) is 94.1 Å². The van der Waals surface area contributed by atoms with E-state index in [0.29, 0.717) is 28.9 Å². The summed E-state index contributed by atoms with van der Waals surface area (Å²) in [6, 6.07) is 23.3.